The topological polar surface area (TPSA) is 34.1 Å². The molecule has 0 aromatic carbocycles. The SMILES string of the molecule is CCCC[SiH](C=O)C=O. The van der Waals surface area contributed by atoms with E-state index in [1.54, 1.807) is 0 Å². The summed E-state index contributed by atoms with van der Waals surface area (Å²) >= 11 is 0. The molecular weight excluding hydrogens is 132 g/mol. The van der Waals surface area contributed by atoms with Crippen LogP contribution in [0.15, 0.2) is 0 Å². The third kappa shape index (κ3) is 4.09. The van der Waals surface area contributed by atoms with Gasteiger partial charge in [0.25, 0.3) is 0 Å². The zero-order valence-corrected chi connectivity index (χ0v) is 6.82. The first-order valence-corrected chi connectivity index (χ1v) is 5.40. The van der Waals surface area contributed by atoms with E-state index in [-0.39, 0.29) is 0 Å². The first kappa shape index (κ1) is 8.56. The summed E-state index contributed by atoms with van der Waals surface area (Å²) < 4.78 is 0. The Labute approximate surface area is 56.9 Å². The molecule has 0 aliphatic heterocycles. The maximum atomic E-state index is 10.1. The molecule has 3 heteroatoms. The van der Waals surface area contributed by atoms with Crippen molar-refractivity contribution in [3.63, 3.8) is 0 Å². The van der Waals surface area contributed by atoms with Gasteiger partial charge in [0.15, 0.2) is 8.80 Å². The lowest BCUT2D eigenvalue weighted by Crippen LogP contribution is -2.16. The van der Waals surface area contributed by atoms with E-state index in [0.717, 1.165) is 30.7 Å². The summed E-state index contributed by atoms with van der Waals surface area (Å²) in [4.78, 5) is 20.1. The van der Waals surface area contributed by atoms with E-state index in [4.69, 9.17) is 0 Å². The largest absolute Gasteiger partial charge is 0.309 e. The summed E-state index contributed by atoms with van der Waals surface area (Å²) in [5.41, 5.74) is 0. The Morgan fingerprint density at radius 2 is 1.89 bits per heavy atom. The van der Waals surface area contributed by atoms with Crippen molar-refractivity contribution in [1.82, 2.24) is 0 Å². The van der Waals surface area contributed by atoms with Crippen molar-refractivity contribution in [3.8, 4) is 0 Å². The highest BCUT2D eigenvalue weighted by molar-refractivity contribution is 7.03. The zero-order valence-electron chi connectivity index (χ0n) is 5.67. The van der Waals surface area contributed by atoms with Crippen LogP contribution >= 0.6 is 0 Å². The van der Waals surface area contributed by atoms with Gasteiger partial charge < -0.3 is 9.59 Å². The Kier molecular flexibility index (Phi) is 5.41. The van der Waals surface area contributed by atoms with Gasteiger partial charge in [0, 0.05) is 0 Å². The molecule has 0 atom stereocenters. The maximum Gasteiger partial charge on any atom is 0.185 e. The molecule has 0 unspecified atom stereocenters. The summed E-state index contributed by atoms with van der Waals surface area (Å²) in [5.74, 6) is 1.70. The van der Waals surface area contributed by atoms with Gasteiger partial charge in [0.1, 0.15) is 11.8 Å². The first-order chi connectivity index (χ1) is 4.35. The molecule has 0 N–H and O–H groups in total. The summed E-state index contributed by atoms with van der Waals surface area (Å²) in [5, 5.41) is 0. The van der Waals surface area contributed by atoms with Gasteiger partial charge in [-0.2, -0.15) is 0 Å². The van der Waals surface area contributed by atoms with E-state index in [9.17, 15) is 9.59 Å². The van der Waals surface area contributed by atoms with Crippen LogP contribution in [0.5, 0.6) is 0 Å². The van der Waals surface area contributed by atoms with Crippen LogP contribution in [0, 0.1) is 0 Å². The van der Waals surface area contributed by atoms with Gasteiger partial charge >= 0.3 is 0 Å². The first-order valence-electron chi connectivity index (χ1n) is 3.25. The van der Waals surface area contributed by atoms with E-state index in [0.29, 0.717) is 0 Å². The van der Waals surface area contributed by atoms with Gasteiger partial charge in [-0.3, -0.25) is 0 Å². The lowest BCUT2D eigenvalue weighted by Gasteiger charge is -1.94. The number of carbonyl (C=O) groups is 2. The molecule has 0 fully saturated rings. The molecule has 0 aromatic heterocycles. The summed E-state index contributed by atoms with van der Waals surface area (Å²) in [6, 6.07) is 0.851. The second-order valence-corrected chi connectivity index (χ2v) is 4.53. The van der Waals surface area contributed by atoms with E-state index < -0.39 is 8.80 Å². The van der Waals surface area contributed by atoms with Crippen LogP contribution in [-0.4, -0.2) is 20.6 Å². The van der Waals surface area contributed by atoms with Gasteiger partial charge in [-0.25, -0.2) is 0 Å². The molecular formula is C6H12O2Si. The Balaban J connectivity index is 3.30. The van der Waals surface area contributed by atoms with E-state index in [2.05, 4.69) is 6.92 Å². The summed E-state index contributed by atoms with van der Waals surface area (Å²) in [6.45, 7) is 2.06. The number of carbonyl (C=O) groups excluding carboxylic acids is 2. The Morgan fingerprint density at radius 3 is 2.22 bits per heavy atom. The summed E-state index contributed by atoms with van der Waals surface area (Å²) in [7, 11) is -1.57. The monoisotopic (exact) mass is 144 g/mol. The molecule has 2 nitrogen and oxygen atoms in total. The summed E-state index contributed by atoms with van der Waals surface area (Å²) in [6.07, 6.45) is 2.10. The van der Waals surface area contributed by atoms with Crippen LogP contribution in [0.1, 0.15) is 19.8 Å². The van der Waals surface area contributed by atoms with Gasteiger partial charge in [-0.1, -0.05) is 19.8 Å². The fraction of sp³-hybridized carbons (Fsp3) is 0.667. The molecule has 0 spiro atoms. The molecule has 0 aromatic rings. The average Bonchev–Trinajstić information content (AvgIpc) is 1.91. The number of hydrogen-bond acceptors (Lipinski definition) is 2. The van der Waals surface area contributed by atoms with Crippen LogP contribution in [-0.2, 0) is 9.59 Å². The Hall–Kier alpha value is -0.443. The van der Waals surface area contributed by atoms with Crippen molar-refractivity contribution in [2.45, 2.75) is 25.8 Å². The molecule has 0 saturated heterocycles. The van der Waals surface area contributed by atoms with Crippen molar-refractivity contribution in [2.24, 2.45) is 0 Å². The third-order valence-electron chi connectivity index (χ3n) is 1.24. The molecule has 0 saturated carbocycles. The number of hydrogen-bond donors (Lipinski definition) is 0. The molecule has 0 rings (SSSR count). The fourth-order valence-corrected chi connectivity index (χ4v) is 1.82. The minimum Gasteiger partial charge on any atom is -0.309 e. The lowest BCUT2D eigenvalue weighted by molar-refractivity contribution is 0.562. The predicted octanol–water partition coefficient (Wildman–Crippen LogP) is 0.557. The van der Waals surface area contributed by atoms with Crippen LogP contribution in [0.3, 0.4) is 0 Å². The van der Waals surface area contributed by atoms with Crippen LogP contribution in [0.25, 0.3) is 0 Å². The third-order valence-corrected chi connectivity index (χ3v) is 3.01. The Morgan fingerprint density at radius 1 is 1.33 bits per heavy atom. The molecule has 0 radical (unpaired) electrons. The number of unbranched alkanes of at least 4 members (excludes halogenated alkanes) is 1. The van der Waals surface area contributed by atoms with E-state index >= 15 is 0 Å². The Bertz CT molecular complexity index is 85.1. The van der Waals surface area contributed by atoms with Crippen LogP contribution in [0.2, 0.25) is 6.04 Å². The van der Waals surface area contributed by atoms with Crippen molar-refractivity contribution in [3.05, 3.63) is 0 Å². The standard InChI is InChI=1S/C6H12O2Si/c1-2-3-4-9(5-7)6-8/h5-6,9H,2-4H2,1H3. The van der Waals surface area contributed by atoms with E-state index in [1.807, 2.05) is 0 Å². The molecule has 0 aliphatic rings. The fourth-order valence-electron chi connectivity index (χ4n) is 0.608. The highest BCUT2D eigenvalue weighted by atomic mass is 28.3. The molecule has 0 amide bonds. The smallest absolute Gasteiger partial charge is 0.185 e. The van der Waals surface area contributed by atoms with Crippen LogP contribution in [0.4, 0.5) is 0 Å². The van der Waals surface area contributed by atoms with Crippen molar-refractivity contribution in [1.29, 1.82) is 0 Å². The van der Waals surface area contributed by atoms with Crippen molar-refractivity contribution in [2.75, 3.05) is 0 Å². The quantitative estimate of drug-likeness (QED) is 0.417. The second-order valence-electron chi connectivity index (χ2n) is 2.08. The minimum absolute atomic E-state index is 0.850. The molecule has 0 aliphatic carbocycles. The van der Waals surface area contributed by atoms with Crippen molar-refractivity contribution < 1.29 is 9.59 Å². The molecule has 0 bridgehead atoms. The van der Waals surface area contributed by atoms with Gasteiger partial charge in [-0.05, 0) is 6.04 Å². The maximum absolute atomic E-state index is 10.1. The normalized spacial score (nSPS) is 9.56. The number of rotatable bonds is 5. The minimum atomic E-state index is -1.57. The second kappa shape index (κ2) is 5.69. The van der Waals surface area contributed by atoms with Gasteiger partial charge in [0.2, 0.25) is 0 Å². The van der Waals surface area contributed by atoms with Gasteiger partial charge in [-0.15, -0.1) is 0 Å². The molecule has 9 heavy (non-hydrogen) atoms. The molecule has 52 valence electrons. The van der Waals surface area contributed by atoms with Crippen molar-refractivity contribution >= 4 is 20.6 Å². The highest BCUT2D eigenvalue weighted by Gasteiger charge is 2.05. The predicted molar refractivity (Wildman–Crippen MR) is 40.4 cm³/mol. The van der Waals surface area contributed by atoms with Crippen LogP contribution < -0.4 is 0 Å². The van der Waals surface area contributed by atoms with Gasteiger partial charge in [0.05, 0.1) is 0 Å². The average molecular weight is 144 g/mol. The highest BCUT2D eigenvalue weighted by Crippen LogP contribution is 1.96. The molecule has 0 heterocycles. The lowest BCUT2D eigenvalue weighted by atomic mass is 10.4. The van der Waals surface area contributed by atoms with E-state index in [1.165, 1.54) is 0 Å². The zero-order chi connectivity index (χ0) is 7.11.